The first-order chi connectivity index (χ1) is 26.6. The molecule has 10 heteroatoms. The molecule has 304 valence electrons. The summed E-state index contributed by atoms with van der Waals surface area (Å²) in [5.41, 5.74) is 3.93. The third-order valence-electron chi connectivity index (χ3n) is 10.9. The van der Waals surface area contributed by atoms with Gasteiger partial charge in [-0.05, 0) is 124 Å². The van der Waals surface area contributed by atoms with Gasteiger partial charge in [-0.25, -0.2) is 0 Å². The zero-order valence-electron chi connectivity index (χ0n) is 32.7. The molecule has 2 saturated carbocycles. The summed E-state index contributed by atoms with van der Waals surface area (Å²) in [4.78, 5) is 0. The first kappa shape index (κ1) is 45.1. The minimum Gasteiger partial charge on any atom is -0.388 e. The molecule has 5 aromatic carbocycles. The van der Waals surface area contributed by atoms with Crippen molar-refractivity contribution < 1.29 is 48.5 Å². The van der Waals surface area contributed by atoms with Gasteiger partial charge in [-0.3, -0.25) is 0 Å². The standard InChI is InChI=1S/C42H40F6OP2.C5H10.Fe/c1-26-20-27(2)23-34(22-26)51(35-24-28(3)21-29(4)25-35)39-11-7-9-37(39)40(49)36-8-5-6-10-38(36)50(32-16-12-30(13-17-32)41(43,44)45)33-18-14-31(15-19-33)42(46,47)48;1-2-4-5-3-1;/h5-6,8,10,12-25,37,39-40,49H,7,9,11H2,1-4H3;1-5H2;. The summed E-state index contributed by atoms with van der Waals surface area (Å²) in [6.45, 7) is 8.42. The van der Waals surface area contributed by atoms with E-state index in [1.54, 1.807) is 0 Å². The molecule has 2 aliphatic carbocycles. The van der Waals surface area contributed by atoms with Crippen molar-refractivity contribution >= 4 is 42.4 Å². The zero-order chi connectivity index (χ0) is 40.2. The summed E-state index contributed by atoms with van der Waals surface area (Å²) in [5.74, 6) is -0.115. The molecule has 1 N–H and O–H groups in total. The molecule has 1 nitrogen and oxygen atoms in total. The summed E-state index contributed by atoms with van der Waals surface area (Å²) in [7, 11) is -2.52. The van der Waals surface area contributed by atoms with E-state index in [1.165, 1.54) is 89.2 Å². The molecular weight excluding hydrogens is 812 g/mol. The van der Waals surface area contributed by atoms with Crippen molar-refractivity contribution in [1.82, 2.24) is 0 Å². The van der Waals surface area contributed by atoms with Crippen LogP contribution in [0.4, 0.5) is 26.3 Å². The molecule has 57 heavy (non-hydrogen) atoms. The van der Waals surface area contributed by atoms with Crippen LogP contribution in [0.3, 0.4) is 0 Å². The van der Waals surface area contributed by atoms with Gasteiger partial charge in [-0.2, -0.15) is 26.3 Å². The first-order valence-electron chi connectivity index (χ1n) is 19.5. The Bertz CT molecular complexity index is 1920. The van der Waals surface area contributed by atoms with Gasteiger partial charge in [-0.15, -0.1) is 0 Å². The molecule has 5 aromatic rings. The predicted octanol–water partition coefficient (Wildman–Crippen LogP) is 12.0. The van der Waals surface area contributed by atoms with Crippen LogP contribution in [0.25, 0.3) is 0 Å². The quantitative estimate of drug-likeness (QED) is 0.0936. The van der Waals surface area contributed by atoms with Crippen LogP contribution in [-0.2, 0) is 29.4 Å². The molecule has 7 rings (SSSR count). The number of rotatable bonds is 8. The zero-order valence-corrected chi connectivity index (χ0v) is 35.6. The second kappa shape index (κ2) is 19.4. The first-order valence-corrected chi connectivity index (χ1v) is 22.2. The van der Waals surface area contributed by atoms with Crippen molar-refractivity contribution in [2.45, 2.75) is 103 Å². The number of halogens is 6. The maximum absolute atomic E-state index is 13.6. The van der Waals surface area contributed by atoms with Crippen LogP contribution in [0.2, 0.25) is 0 Å². The number of alkyl halides is 6. The minimum atomic E-state index is -4.54. The van der Waals surface area contributed by atoms with E-state index in [0.717, 1.165) is 43.5 Å². The molecule has 0 bridgehead atoms. The Kier molecular flexibility index (Phi) is 15.3. The van der Waals surface area contributed by atoms with Crippen molar-refractivity contribution in [3.05, 3.63) is 148 Å². The topological polar surface area (TPSA) is 20.2 Å². The Morgan fingerprint density at radius 1 is 0.526 bits per heavy atom. The van der Waals surface area contributed by atoms with Crippen molar-refractivity contribution in [3.8, 4) is 0 Å². The number of aryl methyl sites for hydroxylation is 4. The number of hydrogen-bond donors (Lipinski definition) is 1. The summed E-state index contributed by atoms with van der Waals surface area (Å²) in [6.07, 6.45) is 0.200. The Morgan fingerprint density at radius 3 is 1.33 bits per heavy atom. The maximum atomic E-state index is 13.6. The molecule has 0 radical (unpaired) electrons. The molecule has 0 aromatic heterocycles. The van der Waals surface area contributed by atoms with Crippen LogP contribution < -0.4 is 26.5 Å². The molecule has 2 aliphatic rings. The summed E-state index contributed by atoms with van der Waals surface area (Å²) in [5, 5.41) is 16.8. The number of benzene rings is 5. The maximum Gasteiger partial charge on any atom is 0.416 e. The Hall–Kier alpha value is -2.98. The van der Waals surface area contributed by atoms with Gasteiger partial charge in [0.25, 0.3) is 0 Å². The monoisotopic (exact) mass is 862 g/mol. The van der Waals surface area contributed by atoms with Gasteiger partial charge in [0.15, 0.2) is 0 Å². The van der Waals surface area contributed by atoms with Crippen molar-refractivity contribution in [3.63, 3.8) is 0 Å². The third kappa shape index (κ3) is 11.2. The molecule has 2 fully saturated rings. The minimum absolute atomic E-state index is 0. The van der Waals surface area contributed by atoms with Crippen molar-refractivity contribution in [1.29, 1.82) is 0 Å². The second-order valence-electron chi connectivity index (χ2n) is 15.4. The number of aliphatic hydroxyl groups is 1. The van der Waals surface area contributed by atoms with Crippen molar-refractivity contribution in [2.24, 2.45) is 5.92 Å². The van der Waals surface area contributed by atoms with E-state index in [1.807, 2.05) is 24.3 Å². The van der Waals surface area contributed by atoms with Crippen LogP contribution in [-0.4, -0.2) is 10.8 Å². The Labute approximate surface area is 346 Å². The third-order valence-corrected chi connectivity index (χ3v) is 16.3. The predicted molar refractivity (Wildman–Crippen MR) is 222 cm³/mol. The average Bonchev–Trinajstić information content (AvgIpc) is 3.88. The van der Waals surface area contributed by atoms with Gasteiger partial charge in [0.1, 0.15) is 0 Å². The fourth-order valence-corrected chi connectivity index (χ4v) is 14.5. The van der Waals surface area contributed by atoms with Crippen molar-refractivity contribution in [2.75, 3.05) is 0 Å². The Morgan fingerprint density at radius 2 is 0.930 bits per heavy atom. The van der Waals surface area contributed by atoms with Gasteiger partial charge in [0.05, 0.1) is 17.2 Å². The molecule has 3 unspecified atom stereocenters. The van der Waals surface area contributed by atoms with Gasteiger partial charge in [-0.1, -0.05) is 146 Å². The van der Waals surface area contributed by atoms with E-state index in [4.69, 9.17) is 0 Å². The summed E-state index contributed by atoms with van der Waals surface area (Å²) < 4.78 is 81.4. The molecule has 3 atom stereocenters. The second-order valence-corrected chi connectivity index (χ2v) is 20.0. The van der Waals surface area contributed by atoms with Gasteiger partial charge >= 0.3 is 12.4 Å². The molecule has 0 aliphatic heterocycles. The van der Waals surface area contributed by atoms with E-state index in [0.29, 0.717) is 21.5 Å². The smallest absolute Gasteiger partial charge is 0.388 e. The normalized spacial score (nSPS) is 17.6. The fraction of sp³-hybridized carbons (Fsp3) is 0.362. The van der Waals surface area contributed by atoms with E-state index in [9.17, 15) is 31.4 Å². The van der Waals surface area contributed by atoms with Gasteiger partial charge < -0.3 is 5.11 Å². The van der Waals surface area contributed by atoms with E-state index in [2.05, 4.69) is 64.1 Å². The number of hydrogen-bond acceptors (Lipinski definition) is 1. The van der Waals surface area contributed by atoms with Crippen LogP contribution in [0, 0.1) is 33.6 Å². The number of aliphatic hydroxyl groups excluding tert-OH is 1. The largest absolute Gasteiger partial charge is 0.416 e. The molecule has 0 saturated heterocycles. The van der Waals surface area contributed by atoms with Crippen LogP contribution in [0.5, 0.6) is 0 Å². The molecule has 0 spiro atoms. The van der Waals surface area contributed by atoms with Gasteiger partial charge in [0.2, 0.25) is 0 Å². The van der Waals surface area contributed by atoms with Crippen LogP contribution in [0.15, 0.2) is 109 Å². The van der Waals surface area contributed by atoms with Crippen LogP contribution in [0.1, 0.15) is 96.4 Å². The van der Waals surface area contributed by atoms with Gasteiger partial charge in [0, 0.05) is 17.1 Å². The molecular formula is C47H50F6FeOP2. The van der Waals surface area contributed by atoms with Crippen LogP contribution >= 0.6 is 15.8 Å². The average molecular weight is 863 g/mol. The SMILES string of the molecule is C1CCCC1.Cc1cc(C)cc(P(c2cc(C)cc(C)c2)C2CCCC2C(O)c2ccccc2P(c2ccc(C(F)(F)F)cc2)c2ccc(C(F)(F)F)cc2)c1.[Fe]. The molecule has 0 amide bonds. The summed E-state index contributed by atoms with van der Waals surface area (Å²) >= 11 is 0. The van der Waals surface area contributed by atoms with E-state index >= 15 is 0 Å². The Balaban J connectivity index is 0.000000959. The molecule has 0 heterocycles. The summed E-state index contributed by atoms with van der Waals surface area (Å²) in [6, 6.07) is 30.5. The van der Waals surface area contributed by atoms with E-state index < -0.39 is 45.4 Å². The van der Waals surface area contributed by atoms with E-state index in [-0.39, 0.29) is 28.6 Å². The fourth-order valence-electron chi connectivity index (χ4n) is 8.45.